The molecule has 0 aliphatic rings. The van der Waals surface area contributed by atoms with Gasteiger partial charge in [0.25, 0.3) is 0 Å². The fourth-order valence-corrected chi connectivity index (χ4v) is 1.49. The molecule has 5 nitrogen and oxygen atoms in total. The zero-order valence-electron chi connectivity index (χ0n) is 9.66. The van der Waals surface area contributed by atoms with Crippen molar-refractivity contribution in [2.24, 2.45) is 5.92 Å². The number of aliphatic hydroxyl groups excluding tert-OH is 1. The maximum atomic E-state index is 9.24. The van der Waals surface area contributed by atoms with Crippen LogP contribution in [0.2, 0.25) is 0 Å². The van der Waals surface area contributed by atoms with Crippen molar-refractivity contribution in [3.05, 3.63) is 10.7 Å². The quantitative estimate of drug-likeness (QED) is 0.770. The third-order valence-electron chi connectivity index (χ3n) is 2.29. The average molecular weight is 289 g/mol. The van der Waals surface area contributed by atoms with Gasteiger partial charge in [-0.05, 0) is 21.8 Å². The van der Waals surface area contributed by atoms with Crippen LogP contribution in [0.5, 0.6) is 0 Å². The number of anilines is 2. The van der Waals surface area contributed by atoms with E-state index in [1.54, 1.807) is 13.2 Å². The highest BCUT2D eigenvalue weighted by Gasteiger charge is 2.14. The highest BCUT2D eigenvalue weighted by atomic mass is 79.9. The molecule has 3 N–H and O–H groups in total. The number of aromatic nitrogens is 2. The van der Waals surface area contributed by atoms with Crippen LogP contribution in [0, 0.1) is 5.92 Å². The summed E-state index contributed by atoms with van der Waals surface area (Å²) in [5, 5.41) is 15.3. The minimum Gasteiger partial charge on any atom is -0.394 e. The first-order valence-electron chi connectivity index (χ1n) is 5.16. The summed E-state index contributed by atoms with van der Waals surface area (Å²) in [6.45, 7) is 4.16. The third-order valence-corrected chi connectivity index (χ3v) is 2.87. The summed E-state index contributed by atoms with van der Waals surface area (Å²) in [7, 11) is 1.76. The van der Waals surface area contributed by atoms with Gasteiger partial charge in [-0.2, -0.15) is 4.98 Å². The number of hydrogen-bond donors (Lipinski definition) is 3. The Bertz CT molecular complexity index is 346. The second-order valence-corrected chi connectivity index (χ2v) is 4.67. The Balaban J connectivity index is 2.86. The SMILES string of the molecule is CNc1ncc(Br)c(NC(CO)C(C)C)n1. The van der Waals surface area contributed by atoms with Crippen LogP contribution in [0.3, 0.4) is 0 Å². The Morgan fingerprint density at radius 2 is 2.19 bits per heavy atom. The second-order valence-electron chi connectivity index (χ2n) is 3.82. The van der Waals surface area contributed by atoms with Crippen molar-refractivity contribution >= 4 is 27.7 Å². The first-order valence-corrected chi connectivity index (χ1v) is 5.95. The third kappa shape index (κ3) is 3.31. The number of rotatable bonds is 5. The highest BCUT2D eigenvalue weighted by Crippen LogP contribution is 2.21. The van der Waals surface area contributed by atoms with Crippen LogP contribution >= 0.6 is 15.9 Å². The molecular formula is C10H17BrN4O. The molecule has 0 aromatic carbocycles. The van der Waals surface area contributed by atoms with Gasteiger partial charge in [-0.15, -0.1) is 0 Å². The Hall–Kier alpha value is -0.880. The summed E-state index contributed by atoms with van der Waals surface area (Å²) < 4.78 is 0.783. The lowest BCUT2D eigenvalue weighted by Crippen LogP contribution is -2.30. The maximum absolute atomic E-state index is 9.24. The van der Waals surface area contributed by atoms with Gasteiger partial charge in [0, 0.05) is 13.2 Å². The summed E-state index contributed by atoms with van der Waals surface area (Å²) in [4.78, 5) is 8.33. The lowest BCUT2D eigenvalue weighted by Gasteiger charge is -2.21. The van der Waals surface area contributed by atoms with Crippen LogP contribution in [0.15, 0.2) is 10.7 Å². The van der Waals surface area contributed by atoms with E-state index < -0.39 is 0 Å². The Morgan fingerprint density at radius 1 is 1.50 bits per heavy atom. The first-order chi connectivity index (χ1) is 7.58. The molecule has 1 aromatic heterocycles. The first kappa shape index (κ1) is 13.2. The van der Waals surface area contributed by atoms with Crippen molar-refractivity contribution < 1.29 is 5.11 Å². The van der Waals surface area contributed by atoms with Crippen LogP contribution in [0.25, 0.3) is 0 Å². The Morgan fingerprint density at radius 3 is 2.69 bits per heavy atom. The van der Waals surface area contributed by atoms with Gasteiger partial charge in [0.15, 0.2) is 0 Å². The minimum absolute atomic E-state index is 0.0177. The number of hydrogen-bond acceptors (Lipinski definition) is 5. The molecule has 1 unspecified atom stereocenters. The van der Waals surface area contributed by atoms with Crippen molar-refractivity contribution in [1.82, 2.24) is 9.97 Å². The summed E-state index contributed by atoms with van der Waals surface area (Å²) in [5.74, 6) is 1.56. The van der Waals surface area contributed by atoms with Crippen molar-refractivity contribution in [2.45, 2.75) is 19.9 Å². The standard InChI is InChI=1S/C10H17BrN4O/c1-6(2)8(5-16)14-9-7(11)4-13-10(12-3)15-9/h4,6,8,16H,5H2,1-3H3,(H2,12,13,14,15). The molecule has 0 spiro atoms. The zero-order chi connectivity index (χ0) is 12.1. The smallest absolute Gasteiger partial charge is 0.224 e. The Kier molecular flexibility index (Phi) is 4.95. The number of aliphatic hydroxyl groups is 1. The van der Waals surface area contributed by atoms with E-state index >= 15 is 0 Å². The van der Waals surface area contributed by atoms with Gasteiger partial charge in [-0.25, -0.2) is 4.98 Å². The molecule has 0 fully saturated rings. The molecule has 0 radical (unpaired) electrons. The van der Waals surface area contributed by atoms with Gasteiger partial charge in [-0.1, -0.05) is 13.8 Å². The van der Waals surface area contributed by atoms with Crippen LogP contribution in [-0.2, 0) is 0 Å². The van der Waals surface area contributed by atoms with Gasteiger partial charge in [-0.3, -0.25) is 0 Å². The summed E-state index contributed by atoms with van der Waals surface area (Å²) in [6.07, 6.45) is 1.68. The van der Waals surface area contributed by atoms with Gasteiger partial charge in [0.05, 0.1) is 17.1 Å². The monoisotopic (exact) mass is 288 g/mol. The molecule has 16 heavy (non-hydrogen) atoms. The summed E-state index contributed by atoms with van der Waals surface area (Å²) in [5.41, 5.74) is 0. The normalized spacial score (nSPS) is 12.6. The van der Waals surface area contributed by atoms with Crippen molar-refractivity contribution in [2.75, 3.05) is 24.3 Å². The van der Waals surface area contributed by atoms with E-state index in [4.69, 9.17) is 0 Å². The molecule has 0 saturated carbocycles. The topological polar surface area (TPSA) is 70.1 Å². The zero-order valence-corrected chi connectivity index (χ0v) is 11.2. The molecule has 1 heterocycles. The molecule has 1 aromatic rings. The largest absolute Gasteiger partial charge is 0.394 e. The van der Waals surface area contributed by atoms with Crippen molar-refractivity contribution in [1.29, 1.82) is 0 Å². The molecule has 90 valence electrons. The van der Waals surface area contributed by atoms with Crippen molar-refractivity contribution in [3.8, 4) is 0 Å². The molecule has 0 aliphatic carbocycles. The van der Waals surface area contributed by atoms with Gasteiger partial charge in [0.2, 0.25) is 5.95 Å². The van der Waals surface area contributed by atoms with E-state index in [0.29, 0.717) is 17.7 Å². The van der Waals surface area contributed by atoms with E-state index in [-0.39, 0.29) is 12.6 Å². The van der Waals surface area contributed by atoms with Crippen LogP contribution < -0.4 is 10.6 Å². The molecule has 1 rings (SSSR count). The van der Waals surface area contributed by atoms with E-state index in [9.17, 15) is 5.11 Å². The van der Waals surface area contributed by atoms with Crippen LogP contribution in [0.1, 0.15) is 13.8 Å². The molecular weight excluding hydrogens is 272 g/mol. The molecule has 0 bridgehead atoms. The fourth-order valence-electron chi connectivity index (χ4n) is 1.19. The van der Waals surface area contributed by atoms with Crippen LogP contribution in [-0.4, -0.2) is 34.8 Å². The average Bonchev–Trinajstić information content (AvgIpc) is 2.27. The summed E-state index contributed by atoms with van der Waals surface area (Å²) in [6, 6.07) is -0.0177. The minimum atomic E-state index is -0.0177. The highest BCUT2D eigenvalue weighted by molar-refractivity contribution is 9.10. The van der Waals surface area contributed by atoms with E-state index in [0.717, 1.165) is 4.47 Å². The van der Waals surface area contributed by atoms with E-state index in [1.165, 1.54) is 0 Å². The lowest BCUT2D eigenvalue weighted by molar-refractivity contribution is 0.249. The predicted octanol–water partition coefficient (Wildman–Crippen LogP) is 1.71. The van der Waals surface area contributed by atoms with Gasteiger partial charge >= 0.3 is 0 Å². The number of nitrogens with one attached hydrogen (secondary N) is 2. The molecule has 1 atom stereocenters. The lowest BCUT2D eigenvalue weighted by atomic mass is 10.1. The van der Waals surface area contributed by atoms with Crippen molar-refractivity contribution in [3.63, 3.8) is 0 Å². The summed E-state index contributed by atoms with van der Waals surface area (Å²) >= 11 is 3.37. The predicted molar refractivity (Wildman–Crippen MR) is 68.6 cm³/mol. The van der Waals surface area contributed by atoms with Gasteiger partial charge in [0.1, 0.15) is 5.82 Å². The molecule has 6 heteroatoms. The number of halogens is 1. The number of nitrogens with zero attached hydrogens (tertiary/aromatic N) is 2. The van der Waals surface area contributed by atoms with Gasteiger partial charge < -0.3 is 15.7 Å². The Labute approximate surface area is 104 Å². The van der Waals surface area contributed by atoms with E-state index in [1.807, 2.05) is 13.8 Å². The second kappa shape index (κ2) is 6.00. The fraction of sp³-hybridized carbons (Fsp3) is 0.600. The molecule has 0 aliphatic heterocycles. The molecule has 0 amide bonds. The van der Waals surface area contributed by atoms with E-state index in [2.05, 4.69) is 36.5 Å². The van der Waals surface area contributed by atoms with Crippen LogP contribution in [0.4, 0.5) is 11.8 Å². The molecule has 0 saturated heterocycles. The maximum Gasteiger partial charge on any atom is 0.224 e.